The minimum atomic E-state index is -0.518. The molecule has 1 heterocycles. The zero-order chi connectivity index (χ0) is 14.5. The van der Waals surface area contributed by atoms with Crippen molar-refractivity contribution in [1.82, 2.24) is 5.32 Å². The third kappa shape index (κ3) is 4.12. The first kappa shape index (κ1) is 15.1. The van der Waals surface area contributed by atoms with Crippen molar-refractivity contribution in [1.29, 1.82) is 0 Å². The first-order valence-electron chi connectivity index (χ1n) is 6.82. The van der Waals surface area contributed by atoms with Gasteiger partial charge in [-0.2, -0.15) is 0 Å². The summed E-state index contributed by atoms with van der Waals surface area (Å²) < 4.78 is 26.6. The van der Waals surface area contributed by atoms with E-state index >= 15 is 0 Å². The van der Waals surface area contributed by atoms with E-state index in [1.165, 1.54) is 22.6 Å². The van der Waals surface area contributed by atoms with Crippen molar-refractivity contribution < 1.29 is 8.78 Å². The Labute approximate surface area is 122 Å². The van der Waals surface area contributed by atoms with Gasteiger partial charge in [-0.1, -0.05) is 6.92 Å². The fourth-order valence-electron chi connectivity index (χ4n) is 2.24. The van der Waals surface area contributed by atoms with Crippen molar-refractivity contribution in [2.24, 2.45) is 0 Å². The van der Waals surface area contributed by atoms with E-state index in [4.69, 9.17) is 0 Å². The fourth-order valence-corrected chi connectivity index (χ4v) is 3.00. The van der Waals surface area contributed by atoms with E-state index in [0.717, 1.165) is 19.0 Å². The summed E-state index contributed by atoms with van der Waals surface area (Å²) in [5.74, 6) is -1.04. The maximum atomic E-state index is 13.3. The molecule has 0 aliphatic rings. The molecule has 1 unspecified atom stereocenters. The van der Waals surface area contributed by atoms with Gasteiger partial charge in [0.05, 0.1) is 0 Å². The van der Waals surface area contributed by atoms with Gasteiger partial charge in [-0.15, -0.1) is 11.3 Å². The smallest absolute Gasteiger partial charge is 0.126 e. The predicted octanol–water partition coefficient (Wildman–Crippen LogP) is 4.62. The van der Waals surface area contributed by atoms with Crippen LogP contribution >= 0.6 is 11.3 Å². The molecule has 1 atom stereocenters. The largest absolute Gasteiger partial charge is 0.310 e. The van der Waals surface area contributed by atoms with Crippen LogP contribution < -0.4 is 5.32 Å². The number of hydrogen-bond acceptors (Lipinski definition) is 2. The summed E-state index contributed by atoms with van der Waals surface area (Å²) in [7, 11) is 0. The molecular weight excluding hydrogens is 276 g/mol. The van der Waals surface area contributed by atoms with Crippen molar-refractivity contribution in [2.45, 2.75) is 32.7 Å². The molecule has 0 fully saturated rings. The van der Waals surface area contributed by atoms with Gasteiger partial charge < -0.3 is 5.32 Å². The average molecular weight is 295 g/mol. The summed E-state index contributed by atoms with van der Waals surface area (Å²) in [6.07, 6.45) is 1.61. The topological polar surface area (TPSA) is 12.0 Å². The Balaban J connectivity index is 2.18. The standard InChI is InChI=1S/C16H19F2NS/c1-3-4-19-16(13-5-11(2)20-10-13)8-12-6-14(17)9-15(18)7-12/h5-7,9-10,16,19H,3-4,8H2,1-2H3. The second-order valence-electron chi connectivity index (χ2n) is 4.98. The summed E-state index contributed by atoms with van der Waals surface area (Å²) >= 11 is 1.69. The first-order chi connectivity index (χ1) is 9.58. The molecule has 0 aliphatic carbocycles. The Morgan fingerprint density at radius 2 is 1.85 bits per heavy atom. The van der Waals surface area contributed by atoms with E-state index < -0.39 is 11.6 Å². The molecule has 0 spiro atoms. The van der Waals surface area contributed by atoms with Gasteiger partial charge >= 0.3 is 0 Å². The van der Waals surface area contributed by atoms with Crippen LogP contribution in [0.15, 0.2) is 29.6 Å². The van der Waals surface area contributed by atoms with Gasteiger partial charge in [0.1, 0.15) is 11.6 Å². The lowest BCUT2D eigenvalue weighted by molar-refractivity contribution is 0.523. The maximum Gasteiger partial charge on any atom is 0.126 e. The lowest BCUT2D eigenvalue weighted by Crippen LogP contribution is -2.23. The van der Waals surface area contributed by atoms with Crippen LogP contribution in [-0.2, 0) is 6.42 Å². The van der Waals surface area contributed by atoms with Crippen LogP contribution in [0, 0.1) is 18.6 Å². The van der Waals surface area contributed by atoms with Crippen LogP contribution in [0.1, 0.15) is 35.4 Å². The van der Waals surface area contributed by atoms with Gasteiger partial charge in [0.15, 0.2) is 0 Å². The van der Waals surface area contributed by atoms with E-state index in [9.17, 15) is 8.78 Å². The summed E-state index contributed by atoms with van der Waals surface area (Å²) in [5.41, 5.74) is 1.87. The summed E-state index contributed by atoms with van der Waals surface area (Å²) in [4.78, 5) is 1.24. The molecule has 0 radical (unpaired) electrons. The number of halogens is 2. The SMILES string of the molecule is CCCNC(Cc1cc(F)cc(F)c1)c1csc(C)c1. The lowest BCUT2D eigenvalue weighted by atomic mass is 10.0. The molecule has 2 rings (SSSR count). The van der Waals surface area contributed by atoms with Gasteiger partial charge in [0, 0.05) is 17.0 Å². The third-order valence-corrected chi connectivity index (χ3v) is 4.04. The lowest BCUT2D eigenvalue weighted by Gasteiger charge is -2.18. The Morgan fingerprint density at radius 1 is 1.15 bits per heavy atom. The molecule has 1 aromatic carbocycles. The zero-order valence-corrected chi connectivity index (χ0v) is 12.6. The second kappa shape index (κ2) is 6.95. The molecule has 0 amide bonds. The molecule has 20 heavy (non-hydrogen) atoms. The average Bonchev–Trinajstić information content (AvgIpc) is 2.80. The summed E-state index contributed by atoms with van der Waals surface area (Å²) in [6, 6.07) is 5.95. The van der Waals surface area contributed by atoms with Crippen molar-refractivity contribution in [3.8, 4) is 0 Å². The number of hydrogen-bond donors (Lipinski definition) is 1. The maximum absolute atomic E-state index is 13.3. The van der Waals surface area contributed by atoms with Crippen molar-refractivity contribution >= 4 is 11.3 Å². The second-order valence-corrected chi connectivity index (χ2v) is 6.09. The highest BCUT2D eigenvalue weighted by atomic mass is 32.1. The quantitative estimate of drug-likeness (QED) is 0.820. The van der Waals surface area contributed by atoms with Crippen LogP contribution in [-0.4, -0.2) is 6.54 Å². The molecule has 2 aromatic rings. The molecule has 0 saturated carbocycles. The van der Waals surface area contributed by atoms with Gasteiger partial charge in [-0.25, -0.2) is 8.78 Å². The van der Waals surface area contributed by atoms with Crippen LogP contribution in [0.25, 0.3) is 0 Å². The van der Waals surface area contributed by atoms with Crippen LogP contribution in [0.3, 0.4) is 0 Å². The number of nitrogens with one attached hydrogen (secondary N) is 1. The minimum Gasteiger partial charge on any atom is -0.310 e. The molecular formula is C16H19F2NS. The summed E-state index contributed by atoms with van der Waals surface area (Å²) in [5, 5.41) is 5.56. The highest BCUT2D eigenvalue weighted by Crippen LogP contribution is 2.24. The number of aryl methyl sites for hydroxylation is 1. The van der Waals surface area contributed by atoms with Gasteiger partial charge in [0.2, 0.25) is 0 Å². The number of rotatable bonds is 6. The van der Waals surface area contributed by atoms with Gasteiger partial charge in [-0.05, 0) is 61.0 Å². The molecule has 0 saturated heterocycles. The van der Waals surface area contributed by atoms with Crippen molar-refractivity contribution in [2.75, 3.05) is 6.54 Å². The highest BCUT2D eigenvalue weighted by molar-refractivity contribution is 7.10. The van der Waals surface area contributed by atoms with Crippen LogP contribution in [0.2, 0.25) is 0 Å². The minimum absolute atomic E-state index is 0.0982. The zero-order valence-electron chi connectivity index (χ0n) is 11.7. The molecule has 1 aromatic heterocycles. The summed E-state index contributed by atoms with van der Waals surface area (Å²) in [6.45, 7) is 5.05. The fraction of sp³-hybridized carbons (Fsp3) is 0.375. The number of benzene rings is 1. The Hall–Kier alpha value is -1.26. The van der Waals surface area contributed by atoms with Crippen molar-refractivity contribution in [3.05, 3.63) is 57.3 Å². The van der Waals surface area contributed by atoms with E-state index in [-0.39, 0.29) is 6.04 Å². The van der Waals surface area contributed by atoms with Gasteiger partial charge in [0.25, 0.3) is 0 Å². The van der Waals surface area contributed by atoms with Crippen LogP contribution in [0.5, 0.6) is 0 Å². The molecule has 108 valence electrons. The molecule has 1 N–H and O–H groups in total. The Morgan fingerprint density at radius 3 is 2.40 bits per heavy atom. The predicted molar refractivity (Wildman–Crippen MR) is 80.2 cm³/mol. The van der Waals surface area contributed by atoms with E-state index in [2.05, 4.69) is 30.6 Å². The normalized spacial score (nSPS) is 12.6. The highest BCUT2D eigenvalue weighted by Gasteiger charge is 2.14. The molecule has 0 bridgehead atoms. The Kier molecular flexibility index (Phi) is 5.26. The molecule has 4 heteroatoms. The number of thiophene rings is 1. The van der Waals surface area contributed by atoms with Gasteiger partial charge in [-0.3, -0.25) is 0 Å². The third-order valence-electron chi connectivity index (χ3n) is 3.16. The van der Waals surface area contributed by atoms with Crippen LogP contribution in [0.4, 0.5) is 8.78 Å². The van der Waals surface area contributed by atoms with Crippen molar-refractivity contribution in [3.63, 3.8) is 0 Å². The van der Waals surface area contributed by atoms with E-state index in [1.54, 1.807) is 11.3 Å². The molecule has 1 nitrogen and oxygen atoms in total. The van der Waals surface area contributed by atoms with E-state index in [0.29, 0.717) is 12.0 Å². The molecule has 0 aliphatic heterocycles. The monoisotopic (exact) mass is 295 g/mol. The first-order valence-corrected chi connectivity index (χ1v) is 7.70. The Bertz CT molecular complexity index is 545. The van der Waals surface area contributed by atoms with E-state index in [1.807, 2.05) is 0 Å².